The monoisotopic (exact) mass is 367 g/mol. The SMILES string of the molecule is Cc1nnc(CNC(=NCc2ccccc2)NCc2ncccc2F)n1C. The van der Waals surface area contributed by atoms with Crippen LogP contribution in [0.1, 0.15) is 22.9 Å². The molecule has 0 amide bonds. The molecule has 0 saturated heterocycles. The van der Waals surface area contributed by atoms with E-state index in [1.54, 1.807) is 12.3 Å². The van der Waals surface area contributed by atoms with Crippen molar-refractivity contribution in [1.29, 1.82) is 0 Å². The molecule has 0 saturated carbocycles. The van der Waals surface area contributed by atoms with Gasteiger partial charge in [0.25, 0.3) is 0 Å². The molecule has 2 heterocycles. The summed E-state index contributed by atoms with van der Waals surface area (Å²) in [5.41, 5.74) is 1.42. The second-order valence-electron chi connectivity index (χ2n) is 6.01. The molecular formula is C19H22FN7. The van der Waals surface area contributed by atoms with Gasteiger partial charge in [-0.3, -0.25) is 4.98 Å². The highest BCUT2D eigenvalue weighted by Gasteiger charge is 2.08. The average Bonchev–Trinajstić information content (AvgIpc) is 3.01. The highest BCUT2D eigenvalue weighted by atomic mass is 19.1. The van der Waals surface area contributed by atoms with Crippen molar-refractivity contribution in [2.75, 3.05) is 0 Å². The van der Waals surface area contributed by atoms with Crippen LogP contribution in [0.5, 0.6) is 0 Å². The van der Waals surface area contributed by atoms with Crippen molar-refractivity contribution in [3.05, 3.63) is 77.4 Å². The number of aryl methyl sites for hydroxylation is 1. The zero-order valence-electron chi connectivity index (χ0n) is 15.4. The van der Waals surface area contributed by atoms with E-state index in [1.165, 1.54) is 6.07 Å². The fourth-order valence-electron chi connectivity index (χ4n) is 2.41. The Labute approximate surface area is 157 Å². The summed E-state index contributed by atoms with van der Waals surface area (Å²) in [4.78, 5) is 8.63. The Morgan fingerprint density at radius 1 is 1.07 bits per heavy atom. The van der Waals surface area contributed by atoms with Gasteiger partial charge in [0.15, 0.2) is 11.8 Å². The lowest BCUT2D eigenvalue weighted by Gasteiger charge is -2.12. The van der Waals surface area contributed by atoms with Gasteiger partial charge in [0.1, 0.15) is 11.6 Å². The summed E-state index contributed by atoms with van der Waals surface area (Å²) >= 11 is 0. The van der Waals surface area contributed by atoms with Crippen molar-refractivity contribution >= 4 is 5.96 Å². The van der Waals surface area contributed by atoms with E-state index in [-0.39, 0.29) is 12.4 Å². The number of nitrogens with zero attached hydrogens (tertiary/aromatic N) is 5. The van der Waals surface area contributed by atoms with Crippen LogP contribution in [0.4, 0.5) is 4.39 Å². The van der Waals surface area contributed by atoms with E-state index in [2.05, 4.69) is 30.8 Å². The van der Waals surface area contributed by atoms with Crippen LogP contribution in [-0.2, 0) is 26.7 Å². The summed E-state index contributed by atoms with van der Waals surface area (Å²) < 4.78 is 15.7. The van der Waals surface area contributed by atoms with E-state index >= 15 is 0 Å². The van der Waals surface area contributed by atoms with Crippen LogP contribution in [0.25, 0.3) is 0 Å². The minimum atomic E-state index is -0.351. The number of aliphatic imine (C=N–C) groups is 1. The summed E-state index contributed by atoms with van der Waals surface area (Å²) in [7, 11) is 1.91. The first-order valence-corrected chi connectivity index (χ1v) is 8.64. The van der Waals surface area contributed by atoms with Crippen molar-refractivity contribution in [2.24, 2.45) is 12.0 Å². The van der Waals surface area contributed by atoms with Crippen molar-refractivity contribution < 1.29 is 4.39 Å². The van der Waals surface area contributed by atoms with Crippen LogP contribution in [0.2, 0.25) is 0 Å². The second-order valence-corrected chi connectivity index (χ2v) is 6.01. The minimum Gasteiger partial charge on any atom is -0.351 e. The standard InChI is InChI=1S/C19H22FN7/c1-14-25-26-18(27(14)2)13-24-19(22-11-15-7-4-3-5-8-15)23-12-17-16(20)9-6-10-21-17/h3-10H,11-13H2,1-2H3,(H2,22,23,24). The van der Waals surface area contributed by atoms with Crippen molar-refractivity contribution in [3.8, 4) is 0 Å². The zero-order chi connectivity index (χ0) is 19.1. The van der Waals surface area contributed by atoms with Gasteiger partial charge in [-0.2, -0.15) is 0 Å². The number of hydrogen-bond acceptors (Lipinski definition) is 4. The quantitative estimate of drug-likeness (QED) is 0.515. The Morgan fingerprint density at radius 3 is 2.56 bits per heavy atom. The van der Waals surface area contributed by atoms with Crippen molar-refractivity contribution in [2.45, 2.75) is 26.6 Å². The van der Waals surface area contributed by atoms with Crippen LogP contribution in [0.15, 0.2) is 53.7 Å². The van der Waals surface area contributed by atoms with Crippen molar-refractivity contribution in [1.82, 2.24) is 30.4 Å². The van der Waals surface area contributed by atoms with Gasteiger partial charge in [0.05, 0.1) is 25.3 Å². The summed E-state index contributed by atoms with van der Waals surface area (Å²) in [6.07, 6.45) is 1.57. The van der Waals surface area contributed by atoms with E-state index < -0.39 is 0 Å². The maximum absolute atomic E-state index is 13.8. The highest BCUT2D eigenvalue weighted by molar-refractivity contribution is 5.79. The molecule has 1 aromatic carbocycles. The lowest BCUT2D eigenvalue weighted by Crippen LogP contribution is -2.37. The molecule has 0 unspecified atom stereocenters. The smallest absolute Gasteiger partial charge is 0.192 e. The maximum atomic E-state index is 13.8. The number of benzene rings is 1. The Hall–Kier alpha value is -3.29. The molecule has 0 fully saturated rings. The molecule has 2 N–H and O–H groups in total. The van der Waals surface area contributed by atoms with Gasteiger partial charge in [-0.15, -0.1) is 10.2 Å². The van der Waals surface area contributed by atoms with Crippen LogP contribution in [0, 0.1) is 12.7 Å². The van der Waals surface area contributed by atoms with Crippen LogP contribution < -0.4 is 10.6 Å². The van der Waals surface area contributed by atoms with Gasteiger partial charge in [-0.1, -0.05) is 30.3 Å². The van der Waals surface area contributed by atoms with Gasteiger partial charge in [-0.05, 0) is 24.6 Å². The third kappa shape index (κ3) is 5.10. The van der Waals surface area contributed by atoms with E-state index in [0.717, 1.165) is 17.2 Å². The van der Waals surface area contributed by atoms with Gasteiger partial charge in [0.2, 0.25) is 0 Å². The largest absolute Gasteiger partial charge is 0.351 e. The fourth-order valence-corrected chi connectivity index (χ4v) is 2.41. The molecule has 140 valence electrons. The molecule has 0 bridgehead atoms. The minimum absolute atomic E-state index is 0.227. The molecule has 2 aromatic heterocycles. The first-order chi connectivity index (χ1) is 13.1. The molecule has 0 spiro atoms. The number of aromatic nitrogens is 4. The Bertz CT molecular complexity index is 905. The molecule has 27 heavy (non-hydrogen) atoms. The first kappa shape index (κ1) is 18.5. The summed E-state index contributed by atoms with van der Waals surface area (Å²) in [6, 6.07) is 12.9. The predicted octanol–water partition coefficient (Wildman–Crippen LogP) is 2.09. The summed E-state index contributed by atoms with van der Waals surface area (Å²) in [6.45, 7) is 3.07. The molecule has 7 nitrogen and oxygen atoms in total. The molecule has 0 aliphatic heterocycles. The van der Waals surface area contributed by atoms with Gasteiger partial charge in [-0.25, -0.2) is 9.38 Å². The van der Waals surface area contributed by atoms with E-state index in [4.69, 9.17) is 0 Å². The second kappa shape index (κ2) is 8.88. The fraction of sp³-hybridized carbons (Fsp3) is 0.263. The molecule has 0 atom stereocenters. The number of guanidine groups is 1. The molecule has 3 aromatic rings. The van der Waals surface area contributed by atoms with E-state index in [1.807, 2.05) is 48.9 Å². The maximum Gasteiger partial charge on any atom is 0.192 e. The van der Waals surface area contributed by atoms with Crippen LogP contribution in [0.3, 0.4) is 0 Å². The third-order valence-corrected chi connectivity index (χ3v) is 4.12. The highest BCUT2D eigenvalue weighted by Crippen LogP contribution is 2.03. The van der Waals surface area contributed by atoms with Gasteiger partial charge in [0, 0.05) is 13.2 Å². The van der Waals surface area contributed by atoms with Crippen LogP contribution >= 0.6 is 0 Å². The Balaban J connectivity index is 1.69. The van der Waals surface area contributed by atoms with E-state index in [0.29, 0.717) is 24.7 Å². The Morgan fingerprint density at radius 2 is 1.85 bits per heavy atom. The number of halogens is 1. The number of pyridine rings is 1. The van der Waals surface area contributed by atoms with E-state index in [9.17, 15) is 4.39 Å². The summed E-state index contributed by atoms with van der Waals surface area (Å²) in [5, 5.41) is 14.5. The van der Waals surface area contributed by atoms with Gasteiger partial charge < -0.3 is 15.2 Å². The average molecular weight is 367 g/mol. The molecule has 3 rings (SSSR count). The third-order valence-electron chi connectivity index (χ3n) is 4.12. The molecular weight excluding hydrogens is 345 g/mol. The number of rotatable bonds is 6. The first-order valence-electron chi connectivity index (χ1n) is 8.64. The zero-order valence-corrected chi connectivity index (χ0v) is 15.4. The normalized spacial score (nSPS) is 11.4. The summed E-state index contributed by atoms with van der Waals surface area (Å²) in [5.74, 6) is 1.81. The molecule has 0 aliphatic carbocycles. The molecule has 8 heteroatoms. The molecule has 0 aliphatic rings. The lowest BCUT2D eigenvalue weighted by molar-refractivity contribution is 0.592. The Kier molecular flexibility index (Phi) is 6.09. The topological polar surface area (TPSA) is 80.0 Å². The van der Waals surface area contributed by atoms with Crippen LogP contribution in [-0.4, -0.2) is 25.7 Å². The molecule has 0 radical (unpaired) electrons. The van der Waals surface area contributed by atoms with Crippen molar-refractivity contribution in [3.63, 3.8) is 0 Å². The van der Waals surface area contributed by atoms with Gasteiger partial charge >= 0.3 is 0 Å². The lowest BCUT2D eigenvalue weighted by atomic mass is 10.2. The predicted molar refractivity (Wildman–Crippen MR) is 101 cm³/mol. The number of hydrogen-bond donors (Lipinski definition) is 2. The number of nitrogens with one attached hydrogen (secondary N) is 2.